The number of nitrogens with one attached hydrogen (secondary N) is 1. The average molecular weight is 487 g/mol. The van der Waals surface area contributed by atoms with E-state index >= 15 is 0 Å². The molecule has 2 aliphatic rings. The van der Waals surface area contributed by atoms with Crippen molar-refractivity contribution in [2.45, 2.75) is 6.92 Å². The van der Waals surface area contributed by atoms with Crippen molar-refractivity contribution in [1.82, 2.24) is 5.16 Å². The second-order valence-electron chi connectivity index (χ2n) is 9.73. The molecule has 0 bridgehead atoms. The van der Waals surface area contributed by atoms with E-state index < -0.39 is 0 Å². The van der Waals surface area contributed by atoms with Crippen LogP contribution in [0.2, 0.25) is 0 Å². The summed E-state index contributed by atoms with van der Waals surface area (Å²) in [6.45, 7) is 5.57. The van der Waals surface area contributed by atoms with Gasteiger partial charge < -0.3 is 19.6 Å². The lowest BCUT2D eigenvalue weighted by Crippen LogP contribution is -2.46. The van der Waals surface area contributed by atoms with Gasteiger partial charge in [0.2, 0.25) is 0 Å². The van der Waals surface area contributed by atoms with E-state index in [0.29, 0.717) is 16.9 Å². The molecule has 0 radical (unpaired) electrons. The zero-order valence-electron chi connectivity index (χ0n) is 20.6. The number of benzene rings is 4. The molecular formula is C31H26N4O2. The third-order valence-electron chi connectivity index (χ3n) is 7.42. The smallest absolute Gasteiger partial charge is 0.196 e. The van der Waals surface area contributed by atoms with Crippen molar-refractivity contribution in [3.63, 3.8) is 0 Å². The van der Waals surface area contributed by atoms with Gasteiger partial charge in [-0.3, -0.25) is 4.79 Å². The monoisotopic (exact) mass is 486 g/mol. The maximum Gasteiger partial charge on any atom is 0.196 e. The van der Waals surface area contributed by atoms with Crippen LogP contribution in [-0.4, -0.2) is 37.1 Å². The van der Waals surface area contributed by atoms with E-state index in [-0.39, 0.29) is 5.78 Å². The first-order valence-electron chi connectivity index (χ1n) is 12.7. The number of para-hydroxylation sites is 1. The van der Waals surface area contributed by atoms with Crippen LogP contribution >= 0.6 is 0 Å². The van der Waals surface area contributed by atoms with Crippen molar-refractivity contribution in [2.24, 2.45) is 0 Å². The number of hydrogen-bond donors (Lipinski definition) is 1. The number of carbonyl (C=O) groups is 1. The number of ketones is 1. The van der Waals surface area contributed by atoms with Crippen LogP contribution in [0.4, 0.5) is 22.7 Å². The third kappa shape index (κ3) is 3.56. The zero-order valence-corrected chi connectivity index (χ0v) is 20.6. The molecule has 6 nitrogen and oxygen atoms in total. The molecule has 0 saturated carbocycles. The van der Waals surface area contributed by atoms with Gasteiger partial charge in [-0.15, -0.1) is 0 Å². The maximum atomic E-state index is 13.8. The van der Waals surface area contributed by atoms with E-state index in [2.05, 4.69) is 69.7 Å². The molecule has 4 aromatic carbocycles. The summed E-state index contributed by atoms with van der Waals surface area (Å²) in [5.74, 6) is 0.657. The Hall–Kier alpha value is -4.58. The van der Waals surface area contributed by atoms with Crippen molar-refractivity contribution >= 4 is 39.4 Å². The molecule has 1 N–H and O–H groups in total. The Labute approximate surface area is 215 Å². The van der Waals surface area contributed by atoms with Gasteiger partial charge in [-0.2, -0.15) is 0 Å². The van der Waals surface area contributed by atoms with Gasteiger partial charge in [0.1, 0.15) is 5.52 Å². The SMILES string of the molecule is Cc1cccc(Nc2cc(N3CCN(c4ccccc4)CC3)c3noc4c3c2C(=O)c2ccccc2-4)c1. The molecule has 0 atom stereocenters. The fourth-order valence-electron chi connectivity index (χ4n) is 5.60. The van der Waals surface area contributed by atoms with E-state index in [1.165, 1.54) is 5.69 Å². The van der Waals surface area contributed by atoms with Crippen molar-refractivity contribution in [2.75, 3.05) is 41.3 Å². The number of piperazine rings is 1. The number of aryl methyl sites for hydroxylation is 1. The van der Waals surface area contributed by atoms with Gasteiger partial charge in [0, 0.05) is 48.7 Å². The third-order valence-corrected chi connectivity index (χ3v) is 7.42. The highest BCUT2D eigenvalue weighted by molar-refractivity contribution is 6.28. The lowest BCUT2D eigenvalue weighted by Gasteiger charge is -2.37. The normalized spacial score (nSPS) is 14.7. The minimum absolute atomic E-state index is 0.00750. The van der Waals surface area contributed by atoms with Crippen molar-refractivity contribution < 1.29 is 9.32 Å². The van der Waals surface area contributed by atoms with Gasteiger partial charge >= 0.3 is 0 Å². The van der Waals surface area contributed by atoms with E-state index in [4.69, 9.17) is 4.52 Å². The van der Waals surface area contributed by atoms with E-state index in [1.54, 1.807) is 0 Å². The van der Waals surface area contributed by atoms with E-state index in [1.807, 2.05) is 42.5 Å². The second-order valence-corrected chi connectivity index (χ2v) is 9.73. The minimum atomic E-state index is -0.00750. The first kappa shape index (κ1) is 21.7. The number of hydrogen-bond acceptors (Lipinski definition) is 6. The summed E-state index contributed by atoms with van der Waals surface area (Å²) in [5.41, 5.74) is 7.92. The van der Waals surface area contributed by atoms with Crippen LogP contribution in [0.1, 0.15) is 21.5 Å². The summed E-state index contributed by atoms with van der Waals surface area (Å²) < 4.78 is 5.95. The van der Waals surface area contributed by atoms with Crippen LogP contribution in [0.15, 0.2) is 89.5 Å². The van der Waals surface area contributed by atoms with Crippen molar-refractivity contribution in [1.29, 1.82) is 0 Å². The van der Waals surface area contributed by atoms with Crippen LogP contribution in [0, 0.1) is 6.92 Å². The van der Waals surface area contributed by atoms with Crippen molar-refractivity contribution in [3.05, 3.63) is 102 Å². The summed E-state index contributed by atoms with van der Waals surface area (Å²) in [4.78, 5) is 18.6. The van der Waals surface area contributed by atoms with Crippen LogP contribution in [0.5, 0.6) is 0 Å². The molecule has 1 aliphatic heterocycles. The Morgan fingerprint density at radius 2 is 1.54 bits per heavy atom. The Morgan fingerprint density at radius 1 is 0.811 bits per heavy atom. The number of nitrogens with zero attached hydrogens (tertiary/aromatic N) is 3. The summed E-state index contributed by atoms with van der Waals surface area (Å²) in [5, 5.41) is 8.88. The van der Waals surface area contributed by atoms with Crippen LogP contribution in [0.25, 0.3) is 22.2 Å². The number of rotatable bonds is 4. The molecule has 0 unspecified atom stereocenters. The fraction of sp³-hybridized carbons (Fsp3) is 0.161. The van der Waals surface area contributed by atoms with Gasteiger partial charge in [-0.25, -0.2) is 0 Å². The molecule has 7 rings (SSSR count). The van der Waals surface area contributed by atoms with E-state index in [0.717, 1.165) is 65.3 Å². The highest BCUT2D eigenvalue weighted by Gasteiger charge is 2.34. The summed E-state index contributed by atoms with van der Waals surface area (Å²) >= 11 is 0. The van der Waals surface area contributed by atoms with Crippen LogP contribution in [-0.2, 0) is 0 Å². The molecule has 5 aromatic rings. The topological polar surface area (TPSA) is 61.6 Å². The Kier molecular flexibility index (Phi) is 4.99. The first-order valence-corrected chi connectivity index (χ1v) is 12.7. The quantitative estimate of drug-likeness (QED) is 0.310. The zero-order chi connectivity index (χ0) is 24.9. The lowest BCUT2D eigenvalue weighted by molar-refractivity contribution is 0.104. The molecule has 1 saturated heterocycles. The Morgan fingerprint density at radius 3 is 2.32 bits per heavy atom. The standard InChI is InChI=1S/C31H26N4O2/c1-20-8-7-9-21(18-20)32-25-19-26(35-16-14-34(15-17-35)22-10-3-2-4-11-22)29-28-27(25)30(36)23-12-5-6-13-24(23)31(28)37-33-29/h2-13,18-19,32H,14-17H2,1H3. The minimum Gasteiger partial charge on any atom is -0.368 e. The second kappa shape index (κ2) is 8.52. The number of carbonyl (C=O) groups excluding carboxylic acids is 1. The average Bonchev–Trinajstić information content (AvgIpc) is 3.38. The van der Waals surface area contributed by atoms with Crippen LogP contribution in [0.3, 0.4) is 0 Å². The summed E-state index contributed by atoms with van der Waals surface area (Å²) in [7, 11) is 0. The van der Waals surface area contributed by atoms with E-state index in [9.17, 15) is 4.79 Å². The molecular weight excluding hydrogens is 460 g/mol. The lowest BCUT2D eigenvalue weighted by atomic mass is 9.86. The van der Waals surface area contributed by atoms with Gasteiger partial charge in [0.15, 0.2) is 11.5 Å². The maximum absolute atomic E-state index is 13.8. The molecule has 1 fully saturated rings. The summed E-state index contributed by atoms with van der Waals surface area (Å²) in [6, 6.07) is 28.4. The summed E-state index contributed by atoms with van der Waals surface area (Å²) in [6.07, 6.45) is 0. The molecule has 37 heavy (non-hydrogen) atoms. The molecule has 1 aromatic heterocycles. The van der Waals surface area contributed by atoms with Crippen LogP contribution < -0.4 is 15.1 Å². The van der Waals surface area contributed by atoms with Gasteiger partial charge in [0.25, 0.3) is 0 Å². The fourth-order valence-corrected chi connectivity index (χ4v) is 5.60. The predicted octanol–water partition coefficient (Wildman–Crippen LogP) is 6.42. The molecule has 1 aliphatic carbocycles. The number of anilines is 4. The Balaban J connectivity index is 1.35. The highest BCUT2D eigenvalue weighted by Crippen LogP contribution is 2.46. The largest absolute Gasteiger partial charge is 0.368 e. The highest BCUT2D eigenvalue weighted by atomic mass is 16.5. The molecule has 0 amide bonds. The number of aromatic nitrogens is 1. The molecule has 182 valence electrons. The van der Waals surface area contributed by atoms with Gasteiger partial charge in [-0.1, -0.05) is 59.8 Å². The van der Waals surface area contributed by atoms with Crippen molar-refractivity contribution in [3.8, 4) is 11.3 Å². The van der Waals surface area contributed by atoms with Gasteiger partial charge in [-0.05, 0) is 42.8 Å². The molecule has 0 spiro atoms. The first-order chi connectivity index (χ1) is 18.2. The van der Waals surface area contributed by atoms with Gasteiger partial charge in [0.05, 0.1) is 22.3 Å². The predicted molar refractivity (Wildman–Crippen MR) is 148 cm³/mol. The molecule has 6 heteroatoms. The Bertz CT molecular complexity index is 1650. The number of fused-ring (bicyclic) bond motifs is 2. The molecule has 2 heterocycles.